The van der Waals surface area contributed by atoms with Crippen molar-refractivity contribution in [3.8, 4) is 0 Å². The van der Waals surface area contributed by atoms with Crippen LogP contribution in [0.4, 0.5) is 5.69 Å². The average Bonchev–Trinajstić information content (AvgIpc) is 2.76. The summed E-state index contributed by atoms with van der Waals surface area (Å²) < 4.78 is 1.03. The van der Waals surface area contributed by atoms with Crippen molar-refractivity contribution in [2.45, 2.75) is 38.8 Å². The zero-order valence-corrected chi connectivity index (χ0v) is 11.2. The second-order valence-corrected chi connectivity index (χ2v) is 5.24. The molecular formula is C13H18BrNO. The molecule has 1 saturated heterocycles. The van der Waals surface area contributed by atoms with E-state index < -0.39 is 0 Å². The van der Waals surface area contributed by atoms with Crippen molar-refractivity contribution in [3.05, 3.63) is 28.2 Å². The molecule has 1 aliphatic rings. The van der Waals surface area contributed by atoms with E-state index in [2.05, 4.69) is 39.9 Å². The minimum atomic E-state index is 0.113. The monoisotopic (exact) mass is 283 g/mol. The first-order chi connectivity index (χ1) is 7.76. The Morgan fingerprint density at radius 1 is 1.50 bits per heavy atom. The topological polar surface area (TPSA) is 23.5 Å². The number of anilines is 1. The number of benzene rings is 1. The summed E-state index contributed by atoms with van der Waals surface area (Å²) in [7, 11) is 0. The van der Waals surface area contributed by atoms with Gasteiger partial charge in [0.1, 0.15) is 0 Å². The summed E-state index contributed by atoms with van der Waals surface area (Å²) in [5.41, 5.74) is 2.23. The van der Waals surface area contributed by atoms with Gasteiger partial charge in [-0.25, -0.2) is 0 Å². The molecule has 16 heavy (non-hydrogen) atoms. The third-order valence-electron chi connectivity index (χ3n) is 3.37. The Morgan fingerprint density at radius 3 is 3.00 bits per heavy atom. The van der Waals surface area contributed by atoms with Crippen LogP contribution in [-0.2, 0) is 6.61 Å². The Kier molecular flexibility index (Phi) is 3.87. The van der Waals surface area contributed by atoms with Crippen LogP contribution >= 0.6 is 15.9 Å². The van der Waals surface area contributed by atoms with Gasteiger partial charge in [0.25, 0.3) is 0 Å². The number of hydrogen-bond acceptors (Lipinski definition) is 2. The maximum Gasteiger partial charge on any atom is 0.0702 e. The van der Waals surface area contributed by atoms with Crippen LogP contribution < -0.4 is 4.90 Å². The number of aliphatic hydroxyl groups is 1. The molecule has 1 heterocycles. The third-order valence-corrected chi connectivity index (χ3v) is 3.86. The maximum absolute atomic E-state index is 9.41. The van der Waals surface area contributed by atoms with E-state index in [1.54, 1.807) is 0 Å². The van der Waals surface area contributed by atoms with E-state index in [1.807, 2.05) is 6.07 Å². The molecule has 0 aromatic heterocycles. The minimum Gasteiger partial charge on any atom is -0.392 e. The van der Waals surface area contributed by atoms with Crippen LogP contribution in [0, 0.1) is 0 Å². The van der Waals surface area contributed by atoms with Crippen molar-refractivity contribution in [1.29, 1.82) is 0 Å². The summed E-state index contributed by atoms with van der Waals surface area (Å²) in [6.45, 7) is 3.47. The fourth-order valence-corrected chi connectivity index (χ4v) is 2.95. The lowest BCUT2D eigenvalue weighted by atomic mass is 10.1. The third kappa shape index (κ3) is 2.25. The lowest BCUT2D eigenvalue weighted by Crippen LogP contribution is -2.29. The normalized spacial score (nSPS) is 20.4. The van der Waals surface area contributed by atoms with Gasteiger partial charge in [-0.2, -0.15) is 0 Å². The van der Waals surface area contributed by atoms with Gasteiger partial charge in [0.2, 0.25) is 0 Å². The van der Waals surface area contributed by atoms with Crippen LogP contribution in [0.2, 0.25) is 0 Å². The molecular weight excluding hydrogens is 266 g/mol. The molecule has 1 unspecified atom stereocenters. The Morgan fingerprint density at radius 2 is 2.31 bits per heavy atom. The SMILES string of the molecule is CCC1CCCN1c1ccc(Br)cc1CO. The van der Waals surface area contributed by atoms with E-state index in [1.165, 1.54) is 24.9 Å². The number of nitrogens with zero attached hydrogens (tertiary/aromatic N) is 1. The molecule has 1 fully saturated rings. The lowest BCUT2D eigenvalue weighted by molar-refractivity contribution is 0.282. The average molecular weight is 284 g/mol. The van der Waals surface area contributed by atoms with Crippen molar-refractivity contribution in [3.63, 3.8) is 0 Å². The summed E-state index contributed by atoms with van der Waals surface area (Å²) >= 11 is 3.45. The molecule has 1 N–H and O–H groups in total. The molecule has 0 saturated carbocycles. The number of halogens is 1. The van der Waals surface area contributed by atoms with Crippen LogP contribution in [-0.4, -0.2) is 17.7 Å². The molecule has 1 atom stereocenters. The lowest BCUT2D eigenvalue weighted by Gasteiger charge is -2.28. The van der Waals surface area contributed by atoms with E-state index in [-0.39, 0.29) is 6.61 Å². The zero-order valence-electron chi connectivity index (χ0n) is 9.62. The van der Waals surface area contributed by atoms with Crippen LogP contribution in [0.15, 0.2) is 22.7 Å². The number of hydrogen-bond donors (Lipinski definition) is 1. The van der Waals surface area contributed by atoms with E-state index in [0.717, 1.165) is 16.6 Å². The Labute approximate surface area is 105 Å². The molecule has 0 aliphatic carbocycles. The van der Waals surface area contributed by atoms with Crippen LogP contribution in [0.3, 0.4) is 0 Å². The van der Waals surface area contributed by atoms with E-state index in [4.69, 9.17) is 0 Å². The highest BCUT2D eigenvalue weighted by Gasteiger charge is 2.24. The van der Waals surface area contributed by atoms with Gasteiger partial charge in [0.15, 0.2) is 0 Å². The van der Waals surface area contributed by atoms with Crippen molar-refractivity contribution in [1.82, 2.24) is 0 Å². The summed E-state index contributed by atoms with van der Waals surface area (Å²) in [5.74, 6) is 0. The quantitative estimate of drug-likeness (QED) is 0.920. The van der Waals surface area contributed by atoms with E-state index in [9.17, 15) is 5.11 Å². The van der Waals surface area contributed by atoms with Gasteiger partial charge >= 0.3 is 0 Å². The molecule has 2 nitrogen and oxygen atoms in total. The smallest absolute Gasteiger partial charge is 0.0702 e. The molecule has 1 aromatic carbocycles. The van der Waals surface area contributed by atoms with Gasteiger partial charge in [-0.05, 0) is 37.5 Å². The highest BCUT2D eigenvalue weighted by molar-refractivity contribution is 9.10. The molecule has 0 radical (unpaired) electrons. The predicted molar refractivity (Wildman–Crippen MR) is 70.7 cm³/mol. The number of aliphatic hydroxyl groups excluding tert-OH is 1. The van der Waals surface area contributed by atoms with Gasteiger partial charge in [-0.15, -0.1) is 0 Å². The summed E-state index contributed by atoms with van der Waals surface area (Å²) in [5, 5.41) is 9.41. The summed E-state index contributed by atoms with van der Waals surface area (Å²) in [6, 6.07) is 6.83. The molecule has 1 aromatic rings. The van der Waals surface area contributed by atoms with Gasteiger partial charge in [-0.3, -0.25) is 0 Å². The first-order valence-electron chi connectivity index (χ1n) is 5.92. The first-order valence-corrected chi connectivity index (χ1v) is 6.71. The molecule has 3 heteroatoms. The molecule has 88 valence electrons. The van der Waals surface area contributed by atoms with Crippen molar-refractivity contribution < 1.29 is 5.11 Å². The van der Waals surface area contributed by atoms with E-state index in [0.29, 0.717) is 6.04 Å². The molecule has 0 spiro atoms. The second kappa shape index (κ2) is 5.19. The summed E-state index contributed by atoms with van der Waals surface area (Å²) in [4.78, 5) is 2.44. The fourth-order valence-electron chi connectivity index (χ4n) is 2.54. The highest BCUT2D eigenvalue weighted by Crippen LogP contribution is 2.31. The minimum absolute atomic E-state index is 0.113. The van der Waals surface area contributed by atoms with E-state index >= 15 is 0 Å². The van der Waals surface area contributed by atoms with Crippen LogP contribution in [0.1, 0.15) is 31.7 Å². The van der Waals surface area contributed by atoms with Crippen molar-refractivity contribution in [2.24, 2.45) is 0 Å². The first kappa shape index (κ1) is 11.9. The Bertz CT molecular complexity index is 367. The van der Waals surface area contributed by atoms with Gasteiger partial charge < -0.3 is 10.0 Å². The van der Waals surface area contributed by atoms with Crippen LogP contribution in [0.25, 0.3) is 0 Å². The zero-order chi connectivity index (χ0) is 11.5. The predicted octanol–water partition coefficient (Wildman–Crippen LogP) is 3.32. The fraction of sp³-hybridized carbons (Fsp3) is 0.538. The van der Waals surface area contributed by atoms with Gasteiger partial charge in [0, 0.05) is 28.3 Å². The maximum atomic E-state index is 9.41. The van der Waals surface area contributed by atoms with Gasteiger partial charge in [-0.1, -0.05) is 22.9 Å². The largest absolute Gasteiger partial charge is 0.392 e. The number of rotatable bonds is 3. The molecule has 2 rings (SSSR count). The van der Waals surface area contributed by atoms with Crippen molar-refractivity contribution >= 4 is 21.6 Å². The molecule has 1 aliphatic heterocycles. The van der Waals surface area contributed by atoms with Gasteiger partial charge in [0.05, 0.1) is 6.61 Å². The Balaban J connectivity index is 2.31. The standard InChI is InChI=1S/C13H18BrNO/c1-2-12-4-3-7-15(12)13-6-5-11(14)8-10(13)9-16/h5-6,8,12,16H,2-4,7,9H2,1H3. The van der Waals surface area contributed by atoms with Crippen molar-refractivity contribution in [2.75, 3.05) is 11.4 Å². The summed E-state index contributed by atoms with van der Waals surface area (Å²) in [6.07, 6.45) is 3.72. The Hall–Kier alpha value is -0.540. The highest BCUT2D eigenvalue weighted by atomic mass is 79.9. The molecule has 0 amide bonds. The van der Waals surface area contributed by atoms with Crippen LogP contribution in [0.5, 0.6) is 0 Å². The second-order valence-electron chi connectivity index (χ2n) is 4.33. The molecule has 0 bridgehead atoms.